The van der Waals surface area contributed by atoms with Gasteiger partial charge in [0, 0.05) is 100 Å². The number of hydrogen-bond donors (Lipinski definition) is 6. The quantitative estimate of drug-likeness (QED) is 0.0568. The van der Waals surface area contributed by atoms with Crippen LogP contribution in [0.4, 0.5) is 18.4 Å². The largest absolute Gasteiger partial charge is 0.385 e. The number of carbonyl (C=O) groups is 3. The summed E-state index contributed by atoms with van der Waals surface area (Å²) < 4.78 is 40.2. The number of nitrogens with one attached hydrogen (secondary N) is 5. The second-order valence-corrected chi connectivity index (χ2v) is 22.0. The molecule has 0 spiro atoms. The fourth-order valence-corrected chi connectivity index (χ4v) is 12.1. The number of hydrogen-bond acceptors (Lipinski definition) is 8. The number of urea groups is 2. The molecule has 6 N–H and O–H groups in total. The molecule has 4 aliphatic rings. The van der Waals surface area contributed by atoms with Gasteiger partial charge < -0.3 is 51.0 Å². The number of aliphatic hydroxyl groups is 1. The lowest BCUT2D eigenvalue weighted by Gasteiger charge is -2.43. The Morgan fingerprint density at radius 1 is 0.795 bits per heavy atom. The number of likely N-dealkylation sites (tertiary alicyclic amines) is 2. The number of amides is 5. The predicted molar refractivity (Wildman–Crippen MR) is 288 cm³/mol. The molecule has 2 aromatic rings. The highest BCUT2D eigenvalue weighted by Gasteiger charge is 2.43. The Bertz CT molecular complexity index is 1950. The molecule has 2 saturated heterocycles. The normalized spacial score (nSPS) is 22.8. The van der Waals surface area contributed by atoms with Gasteiger partial charge in [-0.25, -0.2) is 18.4 Å². The number of alkyl halides is 1. The first kappa shape index (κ1) is 60.6. The standard InChI is InChI=1S/C28H44ClF2N3O3.C28H45ClN4O3/c1-32-18-23(17-20-10-12-22(30)13-11-20)33-27(35)34-15-6-7-21(19-34)28(36,14-3-4-16-37-2)24-8-5-9-25(29)26(24)31;1-3-26(34)31-14-16-36-27(22-11-7-13-24(29)18-22)23-12-8-15-33(20-23)28(35)32-25(19-30-2)17-21-9-5-4-6-10-21/h5,8-9,20-23,32,36H,3-4,6-7,10-19H2,1-2H3,(H,33,35);7,11,13,18,21,23,25,27,30H,3-6,8-10,12,14-17,19-20H2,1-2H3,(H,31,34)(H,32,35)/t20-,21-,22-,23+,28+;23?,25-,27-/m10/s1. The minimum absolute atomic E-state index is 0.0165. The lowest BCUT2D eigenvalue weighted by atomic mass is 9.74. The molecular weight excluding hydrogens is 976 g/mol. The third kappa shape index (κ3) is 19.6. The van der Waals surface area contributed by atoms with Gasteiger partial charge in [-0.3, -0.25) is 4.79 Å². The number of halogens is 4. The van der Waals surface area contributed by atoms with E-state index in [0.29, 0.717) is 101 Å². The molecule has 13 nitrogen and oxygen atoms in total. The van der Waals surface area contributed by atoms with Gasteiger partial charge in [0.2, 0.25) is 5.91 Å². The SMILES string of the molecule is CCC(=O)NCCO[C@@H](c1cccc(Cl)c1)C1CCCN(C(=O)N[C@H](CNC)CC2CCCCC2)C1.CNC[C@H](C[C@H]1CC[C@H](F)CC1)NC(=O)N1CCC[C@@H]([C@@](O)(CCCCOC)c2cccc(Cl)c2F)C1. The maximum atomic E-state index is 15.1. The van der Waals surface area contributed by atoms with E-state index in [1.165, 1.54) is 38.2 Å². The summed E-state index contributed by atoms with van der Waals surface area (Å²) >= 11 is 12.4. The summed E-state index contributed by atoms with van der Waals surface area (Å²) in [6, 6.07) is 12.5. The maximum Gasteiger partial charge on any atom is 0.317 e. The van der Waals surface area contributed by atoms with E-state index in [1.807, 2.05) is 50.2 Å². The number of methoxy groups -OCH3 is 1. The van der Waals surface area contributed by atoms with Crippen molar-refractivity contribution >= 4 is 41.2 Å². The molecule has 5 amide bonds. The van der Waals surface area contributed by atoms with Gasteiger partial charge in [0.15, 0.2) is 0 Å². The molecule has 6 atom stereocenters. The average Bonchev–Trinajstić information content (AvgIpc) is 3.39. The van der Waals surface area contributed by atoms with Crippen LogP contribution in [0, 0.1) is 29.5 Å². The molecule has 2 heterocycles. The first-order valence-electron chi connectivity index (χ1n) is 27.6. The van der Waals surface area contributed by atoms with E-state index in [1.54, 1.807) is 24.1 Å². The molecule has 17 heteroatoms. The van der Waals surface area contributed by atoms with Crippen LogP contribution in [0.3, 0.4) is 0 Å². The van der Waals surface area contributed by atoms with Crippen LogP contribution in [0.2, 0.25) is 10.0 Å². The highest BCUT2D eigenvalue weighted by molar-refractivity contribution is 6.31. The van der Waals surface area contributed by atoms with Crippen LogP contribution in [0.25, 0.3) is 0 Å². The minimum atomic E-state index is -1.45. The summed E-state index contributed by atoms with van der Waals surface area (Å²) in [5.74, 6) is 0.360. The summed E-state index contributed by atoms with van der Waals surface area (Å²) in [6.07, 6.45) is 15.9. The van der Waals surface area contributed by atoms with Gasteiger partial charge in [0.25, 0.3) is 0 Å². The van der Waals surface area contributed by atoms with E-state index in [0.717, 1.165) is 70.0 Å². The van der Waals surface area contributed by atoms with Crippen LogP contribution in [-0.4, -0.2) is 131 Å². The van der Waals surface area contributed by atoms with Crippen molar-refractivity contribution in [1.29, 1.82) is 0 Å². The Balaban J connectivity index is 0.000000271. The van der Waals surface area contributed by atoms with Crippen molar-refractivity contribution in [3.63, 3.8) is 0 Å². The molecule has 73 heavy (non-hydrogen) atoms. The van der Waals surface area contributed by atoms with E-state index in [-0.39, 0.29) is 58.6 Å². The van der Waals surface area contributed by atoms with Gasteiger partial charge in [0.1, 0.15) is 12.0 Å². The van der Waals surface area contributed by atoms with Crippen molar-refractivity contribution in [1.82, 2.24) is 36.4 Å². The van der Waals surface area contributed by atoms with E-state index in [4.69, 9.17) is 32.7 Å². The Hall–Kier alpha value is -3.31. The van der Waals surface area contributed by atoms with Gasteiger partial charge in [-0.1, -0.05) is 86.5 Å². The number of unbranched alkanes of at least 4 members (excludes halogenated alkanes) is 1. The van der Waals surface area contributed by atoms with Gasteiger partial charge in [0.05, 0.1) is 23.3 Å². The second kappa shape index (κ2) is 32.3. The van der Waals surface area contributed by atoms with Gasteiger partial charge in [-0.2, -0.15) is 0 Å². The van der Waals surface area contributed by atoms with E-state index >= 15 is 4.39 Å². The van der Waals surface area contributed by atoms with Crippen molar-refractivity contribution in [3.05, 3.63) is 69.5 Å². The zero-order valence-corrected chi connectivity index (χ0v) is 45.9. The molecule has 2 aliphatic carbocycles. The topological polar surface area (TPSA) is 157 Å². The summed E-state index contributed by atoms with van der Waals surface area (Å²) in [5, 5.41) is 28.4. The van der Waals surface area contributed by atoms with Gasteiger partial charge >= 0.3 is 12.1 Å². The van der Waals surface area contributed by atoms with Crippen LogP contribution in [0.15, 0.2) is 42.5 Å². The molecule has 2 aliphatic heterocycles. The summed E-state index contributed by atoms with van der Waals surface area (Å²) in [7, 11) is 5.44. The van der Waals surface area contributed by atoms with Crippen molar-refractivity contribution in [2.24, 2.45) is 23.7 Å². The molecule has 2 saturated carbocycles. The number of piperidine rings is 2. The zero-order chi connectivity index (χ0) is 52.6. The Morgan fingerprint density at radius 3 is 2.05 bits per heavy atom. The third-order valence-corrected chi connectivity index (χ3v) is 16.2. The Kier molecular flexibility index (Phi) is 26.8. The van der Waals surface area contributed by atoms with E-state index in [9.17, 15) is 23.9 Å². The maximum absolute atomic E-state index is 15.1. The van der Waals surface area contributed by atoms with Crippen molar-refractivity contribution in [2.75, 3.05) is 80.2 Å². The third-order valence-electron chi connectivity index (χ3n) is 15.6. The molecule has 0 bridgehead atoms. The van der Waals surface area contributed by atoms with Crippen molar-refractivity contribution < 1.29 is 37.7 Å². The van der Waals surface area contributed by atoms with E-state index < -0.39 is 17.6 Å². The fraction of sp³-hybridized carbons (Fsp3) is 0.732. The predicted octanol–water partition coefficient (Wildman–Crippen LogP) is 10.3. The number of rotatable bonds is 24. The van der Waals surface area contributed by atoms with Crippen LogP contribution in [0.1, 0.15) is 146 Å². The minimum Gasteiger partial charge on any atom is -0.385 e. The van der Waals surface area contributed by atoms with Crippen LogP contribution in [0.5, 0.6) is 0 Å². The summed E-state index contributed by atoms with van der Waals surface area (Å²) in [4.78, 5) is 42.0. The highest BCUT2D eigenvalue weighted by Crippen LogP contribution is 2.42. The Morgan fingerprint density at radius 2 is 1.42 bits per heavy atom. The smallest absolute Gasteiger partial charge is 0.317 e. The average molecular weight is 1070 g/mol. The fourth-order valence-electron chi connectivity index (χ4n) is 11.7. The number of carbonyl (C=O) groups excluding carboxylic acids is 3. The summed E-state index contributed by atoms with van der Waals surface area (Å²) in [5.41, 5.74) is -0.236. The van der Waals surface area contributed by atoms with Gasteiger partial charge in [-0.15, -0.1) is 0 Å². The number of likely N-dealkylation sites (N-methyl/N-ethyl adjacent to an activating group) is 2. The lowest BCUT2D eigenvalue weighted by molar-refractivity contribution is -0.121. The van der Waals surface area contributed by atoms with Crippen LogP contribution < -0.4 is 26.6 Å². The highest BCUT2D eigenvalue weighted by atomic mass is 35.5. The van der Waals surface area contributed by atoms with Crippen molar-refractivity contribution in [3.8, 4) is 0 Å². The first-order valence-corrected chi connectivity index (χ1v) is 28.4. The second-order valence-electron chi connectivity index (χ2n) is 21.2. The van der Waals surface area contributed by atoms with Crippen molar-refractivity contribution in [2.45, 2.75) is 159 Å². The summed E-state index contributed by atoms with van der Waals surface area (Å²) in [6.45, 7) is 7.01. The molecular formula is C56H89Cl2F2N7O6. The zero-order valence-electron chi connectivity index (χ0n) is 44.4. The molecule has 0 aromatic heterocycles. The van der Waals surface area contributed by atoms with Crippen LogP contribution >= 0.6 is 23.2 Å². The number of ether oxygens (including phenoxy) is 2. The first-order chi connectivity index (χ1) is 35.3. The number of benzene rings is 2. The lowest BCUT2D eigenvalue weighted by Crippen LogP contribution is -2.54. The molecule has 6 rings (SSSR count). The molecule has 412 valence electrons. The monoisotopic (exact) mass is 1060 g/mol. The van der Waals surface area contributed by atoms with Crippen LogP contribution in [-0.2, 0) is 19.9 Å². The van der Waals surface area contributed by atoms with Gasteiger partial charge in [-0.05, 0) is 133 Å². The molecule has 4 fully saturated rings. The van der Waals surface area contributed by atoms with E-state index in [2.05, 4.69) is 26.6 Å². The molecule has 0 radical (unpaired) electrons. The Labute approximate surface area is 445 Å². The number of nitrogens with zero attached hydrogens (tertiary/aromatic N) is 2. The molecule has 2 aromatic carbocycles. The molecule has 1 unspecified atom stereocenters.